The van der Waals surface area contributed by atoms with Crippen LogP contribution in [0, 0.1) is 0 Å². The average molecular weight is 617 g/mol. The monoisotopic (exact) mass is 616 g/mol. The number of phenols is 1. The van der Waals surface area contributed by atoms with Crippen LogP contribution >= 0.6 is 0 Å². The van der Waals surface area contributed by atoms with Crippen LogP contribution in [0.1, 0.15) is 43.6 Å². The number of carbonyl (C=O) groups is 5. The van der Waals surface area contributed by atoms with Crippen LogP contribution in [-0.2, 0) is 49.3 Å². The minimum Gasteiger partial charge on any atom is -0.507 e. The number of fused-ring (bicyclic) bond motifs is 1. The highest BCUT2D eigenvalue weighted by molar-refractivity contribution is 6.00. The number of esters is 4. The van der Waals surface area contributed by atoms with Gasteiger partial charge < -0.3 is 43.0 Å². The average Bonchev–Trinajstić information content (AvgIpc) is 2.94. The number of Topliss-reactive ketones (excluding diaryl/α,β-unsaturated/α-hetero) is 1. The van der Waals surface area contributed by atoms with E-state index >= 15 is 0 Å². The van der Waals surface area contributed by atoms with Gasteiger partial charge in [0.05, 0.1) is 5.56 Å². The van der Waals surface area contributed by atoms with Crippen molar-refractivity contribution in [3.05, 3.63) is 47.5 Å². The van der Waals surface area contributed by atoms with Crippen molar-refractivity contribution in [1.29, 1.82) is 0 Å². The molecule has 0 bridgehead atoms. The molecule has 0 aliphatic carbocycles. The highest BCUT2D eigenvalue weighted by atomic mass is 16.7. The van der Waals surface area contributed by atoms with E-state index in [1.807, 2.05) is 0 Å². The van der Waals surface area contributed by atoms with Crippen LogP contribution in [0.5, 0.6) is 23.0 Å². The predicted octanol–water partition coefficient (Wildman–Crippen LogP) is 2.05. The van der Waals surface area contributed by atoms with Crippen LogP contribution < -0.4 is 14.2 Å². The van der Waals surface area contributed by atoms with E-state index in [9.17, 15) is 29.1 Å². The van der Waals surface area contributed by atoms with Crippen molar-refractivity contribution >= 4 is 29.7 Å². The van der Waals surface area contributed by atoms with Crippen LogP contribution in [0.3, 0.4) is 0 Å². The lowest BCUT2D eigenvalue weighted by molar-refractivity contribution is -0.288. The first-order valence-electron chi connectivity index (χ1n) is 13.6. The molecule has 0 aromatic heterocycles. The Hall–Kier alpha value is -4.85. The summed E-state index contributed by atoms with van der Waals surface area (Å²) >= 11 is 0. The maximum atomic E-state index is 13.0. The number of aromatic hydroxyl groups is 1. The first-order valence-corrected chi connectivity index (χ1v) is 13.6. The molecule has 0 amide bonds. The fourth-order valence-electron chi connectivity index (χ4n) is 4.72. The molecule has 236 valence electrons. The van der Waals surface area contributed by atoms with Gasteiger partial charge in [-0.15, -0.1) is 0 Å². The third kappa shape index (κ3) is 8.16. The standard InChI is InChI=1S/C30H32O14/c1-15(31)39-14-26-27(40-16(2)32)28(41-17(3)33)29(42-18(4)34)30(44-26)43-20-6-7-21(23(36)13-20)22(35)11-19-5-8-24-25(12-19)38-10-9-37-24/h5-8,12-13,26-30,36H,9-11,14H2,1-4H3/t26-,27+,28+,29+,30-/m1/s1. The second kappa shape index (κ2) is 14.1. The van der Waals surface area contributed by atoms with Gasteiger partial charge in [0.2, 0.25) is 12.4 Å². The minimum absolute atomic E-state index is 0.00813. The van der Waals surface area contributed by atoms with E-state index in [0.29, 0.717) is 30.3 Å². The number of rotatable bonds is 10. The molecule has 2 aromatic carbocycles. The summed E-state index contributed by atoms with van der Waals surface area (Å²) < 4.78 is 44.0. The van der Waals surface area contributed by atoms with Crippen molar-refractivity contribution in [3.8, 4) is 23.0 Å². The van der Waals surface area contributed by atoms with Crippen molar-refractivity contribution in [2.45, 2.75) is 64.8 Å². The van der Waals surface area contributed by atoms with Crippen molar-refractivity contribution in [1.82, 2.24) is 0 Å². The fraction of sp³-hybridized carbons (Fsp3) is 0.433. The van der Waals surface area contributed by atoms with E-state index in [4.69, 9.17) is 37.9 Å². The van der Waals surface area contributed by atoms with E-state index in [0.717, 1.165) is 33.8 Å². The van der Waals surface area contributed by atoms with Crippen molar-refractivity contribution in [2.24, 2.45) is 0 Å². The van der Waals surface area contributed by atoms with E-state index in [1.54, 1.807) is 18.2 Å². The van der Waals surface area contributed by atoms with Gasteiger partial charge in [0, 0.05) is 40.2 Å². The quantitative estimate of drug-likeness (QED) is 0.233. The van der Waals surface area contributed by atoms with Gasteiger partial charge in [-0.1, -0.05) is 6.07 Å². The lowest BCUT2D eigenvalue weighted by Crippen LogP contribution is -2.63. The van der Waals surface area contributed by atoms with Gasteiger partial charge in [0.25, 0.3) is 0 Å². The smallest absolute Gasteiger partial charge is 0.303 e. The largest absolute Gasteiger partial charge is 0.507 e. The van der Waals surface area contributed by atoms with Crippen LogP contribution in [0.4, 0.5) is 0 Å². The highest BCUT2D eigenvalue weighted by Gasteiger charge is 2.53. The van der Waals surface area contributed by atoms with Gasteiger partial charge in [-0.2, -0.15) is 0 Å². The molecule has 2 aromatic rings. The Morgan fingerprint density at radius 1 is 0.773 bits per heavy atom. The van der Waals surface area contributed by atoms with Gasteiger partial charge in [-0.05, 0) is 29.8 Å². The van der Waals surface area contributed by atoms with Crippen LogP contribution in [0.2, 0.25) is 0 Å². The molecule has 1 saturated heterocycles. The Morgan fingerprint density at radius 3 is 2.05 bits per heavy atom. The molecule has 0 unspecified atom stereocenters. The first kappa shape index (κ1) is 32.1. The normalized spacial score (nSPS) is 22.2. The summed E-state index contributed by atoms with van der Waals surface area (Å²) in [5.41, 5.74) is 0.658. The molecule has 14 heteroatoms. The SMILES string of the molecule is CC(=O)OC[C@H]1O[C@@H](Oc2ccc(C(=O)Cc3ccc4c(c3)OCCO4)c(O)c2)[C@@H](OC(C)=O)[C@@H](OC(C)=O)[C@H]1OC(C)=O. The van der Waals surface area contributed by atoms with Gasteiger partial charge in [0.15, 0.2) is 29.5 Å². The summed E-state index contributed by atoms with van der Waals surface area (Å²) in [5.74, 6) is -2.74. The second-order valence-electron chi connectivity index (χ2n) is 9.94. The van der Waals surface area contributed by atoms with Gasteiger partial charge in [-0.25, -0.2) is 0 Å². The van der Waals surface area contributed by atoms with Crippen molar-refractivity contribution in [3.63, 3.8) is 0 Å². The van der Waals surface area contributed by atoms with Crippen molar-refractivity contribution < 1.29 is 67.0 Å². The number of phenolic OH excluding ortho intramolecular Hbond substituents is 1. The molecule has 0 spiro atoms. The van der Waals surface area contributed by atoms with E-state index in [-0.39, 0.29) is 17.7 Å². The molecule has 2 aliphatic rings. The summed E-state index contributed by atoms with van der Waals surface area (Å²) in [6, 6.07) is 9.02. The van der Waals surface area contributed by atoms with Crippen LogP contribution in [0.15, 0.2) is 36.4 Å². The number of carbonyl (C=O) groups excluding carboxylic acids is 5. The number of hydrogen-bond acceptors (Lipinski definition) is 14. The molecule has 1 N–H and O–H groups in total. The Morgan fingerprint density at radius 2 is 1.41 bits per heavy atom. The van der Waals surface area contributed by atoms with Gasteiger partial charge in [0.1, 0.15) is 37.4 Å². The molecular formula is C30H32O14. The molecule has 5 atom stereocenters. The number of benzene rings is 2. The summed E-state index contributed by atoms with van der Waals surface area (Å²) in [5, 5.41) is 10.7. The number of ketones is 1. The topological polar surface area (TPSA) is 179 Å². The molecule has 4 rings (SSSR count). The lowest BCUT2D eigenvalue weighted by Gasteiger charge is -2.43. The Balaban J connectivity index is 1.57. The maximum Gasteiger partial charge on any atom is 0.303 e. The Bertz CT molecular complexity index is 1420. The Kier molecular flexibility index (Phi) is 10.3. The summed E-state index contributed by atoms with van der Waals surface area (Å²) in [4.78, 5) is 60.5. The summed E-state index contributed by atoms with van der Waals surface area (Å²) in [7, 11) is 0. The van der Waals surface area contributed by atoms with E-state index in [2.05, 4.69) is 0 Å². The van der Waals surface area contributed by atoms with Gasteiger partial charge >= 0.3 is 23.9 Å². The predicted molar refractivity (Wildman–Crippen MR) is 146 cm³/mol. The molecule has 1 fully saturated rings. The third-order valence-corrected chi connectivity index (χ3v) is 6.44. The van der Waals surface area contributed by atoms with E-state index in [1.165, 1.54) is 12.1 Å². The van der Waals surface area contributed by atoms with Crippen LogP contribution in [0.25, 0.3) is 0 Å². The lowest BCUT2D eigenvalue weighted by atomic mass is 9.98. The number of ether oxygens (including phenoxy) is 8. The minimum atomic E-state index is -1.51. The number of hydrogen-bond donors (Lipinski definition) is 1. The molecule has 2 aliphatic heterocycles. The molecular weight excluding hydrogens is 584 g/mol. The molecule has 44 heavy (non-hydrogen) atoms. The maximum absolute atomic E-state index is 13.0. The summed E-state index contributed by atoms with van der Waals surface area (Å²) in [6.45, 7) is 4.86. The molecule has 0 radical (unpaired) electrons. The summed E-state index contributed by atoms with van der Waals surface area (Å²) in [6.07, 6.45) is -7.01. The fourth-order valence-corrected chi connectivity index (χ4v) is 4.72. The van der Waals surface area contributed by atoms with E-state index < -0.39 is 72.7 Å². The molecule has 0 saturated carbocycles. The van der Waals surface area contributed by atoms with Crippen LogP contribution in [-0.4, -0.2) is 85.3 Å². The zero-order chi connectivity index (χ0) is 32.0. The Labute approximate surface area is 252 Å². The molecule has 2 heterocycles. The molecule has 14 nitrogen and oxygen atoms in total. The zero-order valence-corrected chi connectivity index (χ0v) is 24.4. The third-order valence-electron chi connectivity index (χ3n) is 6.44. The first-order chi connectivity index (χ1) is 20.9. The second-order valence-corrected chi connectivity index (χ2v) is 9.94. The van der Waals surface area contributed by atoms with Crippen molar-refractivity contribution in [2.75, 3.05) is 19.8 Å². The highest BCUT2D eigenvalue weighted by Crippen LogP contribution is 2.34. The zero-order valence-electron chi connectivity index (χ0n) is 24.4. The van der Waals surface area contributed by atoms with Gasteiger partial charge in [-0.3, -0.25) is 24.0 Å².